The average molecular weight is 266 g/mol. The van der Waals surface area contributed by atoms with Crippen molar-refractivity contribution in [1.82, 2.24) is 10.0 Å². The summed E-state index contributed by atoms with van der Waals surface area (Å²) < 4.78 is 26.1. The Morgan fingerprint density at radius 3 is 2.88 bits per heavy atom. The van der Waals surface area contributed by atoms with Gasteiger partial charge in [0.05, 0.1) is 5.75 Å². The molecule has 2 N–H and O–H groups in total. The molecule has 0 aromatic rings. The molecule has 2 unspecified atom stereocenters. The van der Waals surface area contributed by atoms with Gasteiger partial charge in [-0.2, -0.15) is 11.8 Å². The van der Waals surface area contributed by atoms with Crippen molar-refractivity contribution in [1.29, 1.82) is 0 Å². The van der Waals surface area contributed by atoms with E-state index in [4.69, 9.17) is 0 Å². The maximum Gasteiger partial charge on any atom is 0.213 e. The first-order valence-corrected chi connectivity index (χ1v) is 8.71. The zero-order valence-corrected chi connectivity index (χ0v) is 11.7. The van der Waals surface area contributed by atoms with E-state index in [1.807, 2.05) is 6.26 Å². The Morgan fingerprint density at radius 2 is 2.31 bits per heavy atom. The number of rotatable bonds is 7. The Bertz CT molecular complexity index is 287. The molecule has 1 aliphatic heterocycles. The second-order valence-corrected chi connectivity index (χ2v) is 7.43. The fraction of sp³-hybridized carbons (Fsp3) is 1.00. The van der Waals surface area contributed by atoms with Crippen LogP contribution in [-0.2, 0) is 10.0 Å². The van der Waals surface area contributed by atoms with Crippen LogP contribution in [-0.4, -0.2) is 44.8 Å². The molecule has 0 aromatic heterocycles. The summed E-state index contributed by atoms with van der Waals surface area (Å²) in [5.41, 5.74) is 0. The SMILES string of the molecule is CSC(C)CCNS(=O)(=O)CC1CCCN1. The first-order valence-electron chi connectivity index (χ1n) is 5.77. The van der Waals surface area contributed by atoms with E-state index < -0.39 is 10.0 Å². The molecule has 4 nitrogen and oxygen atoms in total. The van der Waals surface area contributed by atoms with Crippen LogP contribution < -0.4 is 10.0 Å². The molecule has 96 valence electrons. The molecule has 1 aliphatic rings. The summed E-state index contributed by atoms with van der Waals surface area (Å²) in [6.45, 7) is 3.61. The van der Waals surface area contributed by atoms with Gasteiger partial charge in [-0.05, 0) is 32.1 Å². The third kappa shape index (κ3) is 5.52. The minimum Gasteiger partial charge on any atom is -0.313 e. The highest BCUT2D eigenvalue weighted by Gasteiger charge is 2.21. The molecule has 0 aliphatic carbocycles. The Kier molecular flexibility index (Phi) is 6.10. The number of sulfonamides is 1. The third-order valence-corrected chi connectivity index (χ3v) is 5.38. The van der Waals surface area contributed by atoms with Crippen molar-refractivity contribution in [2.75, 3.05) is 25.1 Å². The maximum absolute atomic E-state index is 11.7. The number of thioether (sulfide) groups is 1. The van der Waals surface area contributed by atoms with Crippen LogP contribution in [0.3, 0.4) is 0 Å². The van der Waals surface area contributed by atoms with E-state index in [2.05, 4.69) is 17.0 Å². The average Bonchev–Trinajstić information content (AvgIpc) is 2.69. The molecule has 1 heterocycles. The summed E-state index contributed by atoms with van der Waals surface area (Å²) in [7, 11) is -3.09. The molecule has 0 amide bonds. The minimum absolute atomic E-state index is 0.149. The highest BCUT2D eigenvalue weighted by molar-refractivity contribution is 7.99. The van der Waals surface area contributed by atoms with Crippen LogP contribution in [0, 0.1) is 0 Å². The number of nitrogens with one attached hydrogen (secondary N) is 2. The van der Waals surface area contributed by atoms with Crippen LogP contribution in [0.15, 0.2) is 0 Å². The quantitative estimate of drug-likeness (QED) is 0.715. The monoisotopic (exact) mass is 266 g/mol. The fourth-order valence-corrected chi connectivity index (χ4v) is 3.47. The first-order chi connectivity index (χ1) is 7.53. The second kappa shape index (κ2) is 6.83. The lowest BCUT2D eigenvalue weighted by Crippen LogP contribution is -2.37. The van der Waals surface area contributed by atoms with Crippen LogP contribution in [0.2, 0.25) is 0 Å². The van der Waals surface area contributed by atoms with E-state index in [0.29, 0.717) is 11.8 Å². The molecule has 2 atom stereocenters. The van der Waals surface area contributed by atoms with E-state index in [9.17, 15) is 8.42 Å². The molecule has 1 fully saturated rings. The summed E-state index contributed by atoms with van der Waals surface area (Å²) in [5, 5.41) is 3.71. The molecule has 0 spiro atoms. The Labute approximate surface area is 103 Å². The van der Waals surface area contributed by atoms with Gasteiger partial charge >= 0.3 is 0 Å². The molecule has 0 aromatic carbocycles. The second-order valence-electron chi connectivity index (χ2n) is 4.30. The van der Waals surface area contributed by atoms with Crippen molar-refractivity contribution < 1.29 is 8.42 Å². The fourth-order valence-electron chi connectivity index (χ4n) is 1.76. The summed E-state index contributed by atoms with van der Waals surface area (Å²) in [6, 6.07) is 0.149. The summed E-state index contributed by atoms with van der Waals surface area (Å²) in [4.78, 5) is 0. The topological polar surface area (TPSA) is 58.2 Å². The summed E-state index contributed by atoms with van der Waals surface area (Å²) in [5.74, 6) is 0.223. The van der Waals surface area contributed by atoms with Gasteiger partial charge in [0.2, 0.25) is 10.0 Å². The van der Waals surface area contributed by atoms with Crippen LogP contribution >= 0.6 is 11.8 Å². The Morgan fingerprint density at radius 1 is 1.56 bits per heavy atom. The van der Waals surface area contributed by atoms with Crippen LogP contribution in [0.1, 0.15) is 26.2 Å². The molecule has 0 radical (unpaired) electrons. The van der Waals surface area contributed by atoms with E-state index in [-0.39, 0.29) is 11.8 Å². The molecular weight excluding hydrogens is 244 g/mol. The molecule has 0 bridgehead atoms. The van der Waals surface area contributed by atoms with Crippen molar-refractivity contribution in [3.05, 3.63) is 0 Å². The highest BCUT2D eigenvalue weighted by Crippen LogP contribution is 2.09. The van der Waals surface area contributed by atoms with Gasteiger partial charge in [0.25, 0.3) is 0 Å². The van der Waals surface area contributed by atoms with Crippen molar-refractivity contribution in [2.45, 2.75) is 37.5 Å². The van der Waals surface area contributed by atoms with Gasteiger partial charge < -0.3 is 5.32 Å². The number of hydrogen-bond donors (Lipinski definition) is 2. The zero-order chi connectivity index (χ0) is 12.0. The molecule has 16 heavy (non-hydrogen) atoms. The predicted molar refractivity (Wildman–Crippen MR) is 70.4 cm³/mol. The van der Waals surface area contributed by atoms with Crippen LogP contribution in [0.25, 0.3) is 0 Å². The molecule has 1 saturated heterocycles. The largest absolute Gasteiger partial charge is 0.313 e. The molecule has 1 rings (SSSR count). The minimum atomic E-state index is -3.09. The predicted octanol–water partition coefficient (Wildman–Crippen LogP) is 0.799. The van der Waals surface area contributed by atoms with Gasteiger partial charge in [-0.15, -0.1) is 0 Å². The van der Waals surface area contributed by atoms with Gasteiger partial charge in [0.1, 0.15) is 0 Å². The summed E-state index contributed by atoms with van der Waals surface area (Å²) in [6.07, 6.45) is 4.99. The van der Waals surface area contributed by atoms with E-state index >= 15 is 0 Å². The van der Waals surface area contributed by atoms with Gasteiger partial charge in [0, 0.05) is 17.8 Å². The Balaban J connectivity index is 2.23. The lowest BCUT2D eigenvalue weighted by Gasteiger charge is -2.13. The molecule has 0 saturated carbocycles. The van der Waals surface area contributed by atoms with E-state index in [1.165, 1.54) is 0 Å². The lowest BCUT2D eigenvalue weighted by molar-refractivity contribution is 0.561. The first kappa shape index (κ1) is 14.3. The van der Waals surface area contributed by atoms with E-state index in [0.717, 1.165) is 25.8 Å². The number of hydrogen-bond acceptors (Lipinski definition) is 4. The lowest BCUT2D eigenvalue weighted by atomic mass is 10.3. The van der Waals surface area contributed by atoms with Crippen molar-refractivity contribution in [2.24, 2.45) is 0 Å². The van der Waals surface area contributed by atoms with Gasteiger partial charge in [-0.3, -0.25) is 0 Å². The van der Waals surface area contributed by atoms with Crippen LogP contribution in [0.4, 0.5) is 0 Å². The maximum atomic E-state index is 11.7. The van der Waals surface area contributed by atoms with Gasteiger partial charge in [-0.1, -0.05) is 6.92 Å². The standard InChI is InChI=1S/C10H22N2O2S2/c1-9(15-2)5-7-12-16(13,14)8-10-4-3-6-11-10/h9-12H,3-8H2,1-2H3. The highest BCUT2D eigenvalue weighted by atomic mass is 32.2. The molecular formula is C10H22N2O2S2. The van der Waals surface area contributed by atoms with Crippen molar-refractivity contribution >= 4 is 21.8 Å². The normalized spacial score (nSPS) is 23.5. The van der Waals surface area contributed by atoms with Crippen molar-refractivity contribution in [3.63, 3.8) is 0 Å². The van der Waals surface area contributed by atoms with Crippen molar-refractivity contribution in [3.8, 4) is 0 Å². The third-order valence-electron chi connectivity index (χ3n) is 2.86. The van der Waals surface area contributed by atoms with Crippen LogP contribution in [0.5, 0.6) is 0 Å². The smallest absolute Gasteiger partial charge is 0.213 e. The summed E-state index contributed by atoms with van der Waals surface area (Å²) >= 11 is 1.76. The zero-order valence-electron chi connectivity index (χ0n) is 10.0. The molecule has 6 heteroatoms. The van der Waals surface area contributed by atoms with Gasteiger partial charge in [0.15, 0.2) is 0 Å². The van der Waals surface area contributed by atoms with Gasteiger partial charge in [-0.25, -0.2) is 13.1 Å². The Hall–Kier alpha value is 0.220. The van der Waals surface area contributed by atoms with E-state index in [1.54, 1.807) is 11.8 Å².